The van der Waals surface area contributed by atoms with E-state index in [4.69, 9.17) is 4.74 Å². The highest BCUT2D eigenvalue weighted by Gasteiger charge is 2.12. The zero-order chi connectivity index (χ0) is 15.5. The Morgan fingerprint density at radius 1 is 1.00 bits per heavy atom. The third kappa shape index (κ3) is 2.89. The van der Waals surface area contributed by atoms with Crippen molar-refractivity contribution < 1.29 is 4.74 Å². The Labute approximate surface area is 131 Å². The van der Waals surface area contributed by atoms with Crippen molar-refractivity contribution in [2.75, 3.05) is 7.11 Å². The lowest BCUT2D eigenvalue weighted by Gasteiger charge is -2.08. The van der Waals surface area contributed by atoms with Crippen molar-refractivity contribution in [3.8, 4) is 17.0 Å². The van der Waals surface area contributed by atoms with Crippen LogP contribution in [0.25, 0.3) is 11.3 Å². The van der Waals surface area contributed by atoms with Crippen molar-refractivity contribution in [2.45, 2.75) is 13.3 Å². The average molecular weight is 292 g/mol. The molecule has 0 atom stereocenters. The second-order valence-electron chi connectivity index (χ2n) is 5.53. The Balaban J connectivity index is 1.99. The second-order valence-corrected chi connectivity index (χ2v) is 5.53. The van der Waals surface area contributed by atoms with Crippen LogP contribution in [0.4, 0.5) is 0 Å². The van der Waals surface area contributed by atoms with Gasteiger partial charge < -0.3 is 4.74 Å². The highest BCUT2D eigenvalue weighted by atomic mass is 16.5. The molecule has 0 bridgehead atoms. The van der Waals surface area contributed by atoms with Crippen LogP contribution in [-0.2, 0) is 13.5 Å². The smallest absolute Gasteiger partial charge is 0.122 e. The van der Waals surface area contributed by atoms with E-state index in [0.29, 0.717) is 0 Å². The SMILES string of the molecule is COc1ccccc1Cc1cn(C)nc1-c1ccc(C)cc1. The van der Waals surface area contributed by atoms with Gasteiger partial charge in [-0.2, -0.15) is 5.10 Å². The molecule has 0 aliphatic carbocycles. The third-order valence-corrected chi connectivity index (χ3v) is 3.80. The Hall–Kier alpha value is -2.55. The van der Waals surface area contributed by atoms with E-state index in [0.717, 1.165) is 23.4 Å². The Morgan fingerprint density at radius 3 is 2.45 bits per heavy atom. The molecule has 22 heavy (non-hydrogen) atoms. The first-order valence-corrected chi connectivity index (χ1v) is 7.39. The molecule has 0 fully saturated rings. The monoisotopic (exact) mass is 292 g/mol. The maximum absolute atomic E-state index is 5.46. The van der Waals surface area contributed by atoms with Gasteiger partial charge in [-0.25, -0.2) is 0 Å². The van der Waals surface area contributed by atoms with Gasteiger partial charge in [-0.15, -0.1) is 0 Å². The lowest BCUT2D eigenvalue weighted by molar-refractivity contribution is 0.410. The molecule has 3 heteroatoms. The maximum atomic E-state index is 5.46. The van der Waals surface area contributed by atoms with E-state index >= 15 is 0 Å². The predicted molar refractivity (Wildman–Crippen MR) is 89.2 cm³/mol. The highest BCUT2D eigenvalue weighted by molar-refractivity contribution is 5.64. The molecule has 0 aliphatic rings. The fraction of sp³-hybridized carbons (Fsp3) is 0.211. The lowest BCUT2D eigenvalue weighted by Crippen LogP contribution is -1.94. The number of aryl methyl sites for hydroxylation is 2. The van der Waals surface area contributed by atoms with Crippen molar-refractivity contribution in [3.05, 3.63) is 71.4 Å². The van der Waals surface area contributed by atoms with Crippen LogP contribution in [0, 0.1) is 6.92 Å². The van der Waals surface area contributed by atoms with Gasteiger partial charge in [-0.1, -0.05) is 48.0 Å². The maximum Gasteiger partial charge on any atom is 0.122 e. The Bertz CT molecular complexity index is 772. The highest BCUT2D eigenvalue weighted by Crippen LogP contribution is 2.27. The van der Waals surface area contributed by atoms with Gasteiger partial charge in [-0.05, 0) is 18.6 Å². The number of nitrogens with zero attached hydrogens (tertiary/aromatic N) is 2. The largest absolute Gasteiger partial charge is 0.496 e. The number of aromatic nitrogens is 2. The summed E-state index contributed by atoms with van der Waals surface area (Å²) in [4.78, 5) is 0. The van der Waals surface area contributed by atoms with E-state index in [1.165, 1.54) is 16.7 Å². The van der Waals surface area contributed by atoms with Gasteiger partial charge in [0.25, 0.3) is 0 Å². The normalized spacial score (nSPS) is 10.7. The summed E-state index contributed by atoms with van der Waals surface area (Å²) >= 11 is 0. The van der Waals surface area contributed by atoms with Crippen LogP contribution in [0.1, 0.15) is 16.7 Å². The molecule has 0 spiro atoms. The average Bonchev–Trinajstić information content (AvgIpc) is 2.89. The first-order chi connectivity index (χ1) is 10.7. The molecule has 2 aromatic carbocycles. The molecule has 3 aromatic rings. The van der Waals surface area contributed by atoms with E-state index in [1.807, 2.05) is 29.9 Å². The minimum Gasteiger partial charge on any atom is -0.496 e. The molecule has 0 saturated heterocycles. The standard InChI is InChI=1S/C19H20N2O/c1-14-8-10-15(11-9-14)19-17(13-21(2)20-19)12-16-6-4-5-7-18(16)22-3/h4-11,13H,12H2,1-3H3. The molecule has 0 saturated carbocycles. The van der Waals surface area contributed by atoms with Gasteiger partial charge in [0.1, 0.15) is 5.75 Å². The molecule has 112 valence electrons. The van der Waals surface area contributed by atoms with Crippen molar-refractivity contribution in [3.63, 3.8) is 0 Å². The number of benzene rings is 2. The van der Waals surface area contributed by atoms with Gasteiger partial charge in [-0.3, -0.25) is 4.68 Å². The van der Waals surface area contributed by atoms with Crippen LogP contribution in [0.2, 0.25) is 0 Å². The van der Waals surface area contributed by atoms with E-state index < -0.39 is 0 Å². The fourth-order valence-corrected chi connectivity index (χ4v) is 2.68. The summed E-state index contributed by atoms with van der Waals surface area (Å²) in [6.07, 6.45) is 2.89. The lowest BCUT2D eigenvalue weighted by atomic mass is 10.0. The van der Waals surface area contributed by atoms with Crippen molar-refractivity contribution in [1.29, 1.82) is 0 Å². The van der Waals surface area contributed by atoms with E-state index in [9.17, 15) is 0 Å². The number of rotatable bonds is 4. The molecule has 3 rings (SSSR count). The van der Waals surface area contributed by atoms with Gasteiger partial charge in [0.05, 0.1) is 12.8 Å². The Kier molecular flexibility index (Phi) is 3.96. The summed E-state index contributed by atoms with van der Waals surface area (Å²) in [5, 5.41) is 4.64. The second kappa shape index (κ2) is 6.06. The molecule has 1 aromatic heterocycles. The van der Waals surface area contributed by atoms with Gasteiger partial charge in [0.15, 0.2) is 0 Å². The first kappa shape index (κ1) is 14.4. The molecule has 0 aliphatic heterocycles. The third-order valence-electron chi connectivity index (χ3n) is 3.80. The topological polar surface area (TPSA) is 27.1 Å². The fourth-order valence-electron chi connectivity index (χ4n) is 2.68. The number of methoxy groups -OCH3 is 1. The van der Waals surface area contributed by atoms with E-state index in [2.05, 4.69) is 48.6 Å². The molecular formula is C19H20N2O. The van der Waals surface area contributed by atoms with Crippen molar-refractivity contribution >= 4 is 0 Å². The van der Waals surface area contributed by atoms with Crippen LogP contribution in [0.5, 0.6) is 5.75 Å². The molecular weight excluding hydrogens is 272 g/mol. The predicted octanol–water partition coefficient (Wildman–Crippen LogP) is 3.99. The summed E-state index contributed by atoms with van der Waals surface area (Å²) < 4.78 is 7.33. The van der Waals surface area contributed by atoms with Crippen LogP contribution in [0.15, 0.2) is 54.7 Å². The first-order valence-electron chi connectivity index (χ1n) is 7.39. The molecule has 0 unspecified atom stereocenters. The van der Waals surface area contributed by atoms with Crippen LogP contribution in [0.3, 0.4) is 0 Å². The summed E-state index contributed by atoms with van der Waals surface area (Å²) in [6.45, 7) is 2.10. The number of ether oxygens (including phenoxy) is 1. The molecule has 3 nitrogen and oxygen atoms in total. The molecule has 0 amide bonds. The minimum atomic E-state index is 0.807. The molecule has 1 heterocycles. The summed E-state index contributed by atoms with van der Waals surface area (Å²) in [7, 11) is 3.67. The molecule has 0 radical (unpaired) electrons. The van der Waals surface area contributed by atoms with Crippen molar-refractivity contribution in [2.24, 2.45) is 7.05 Å². The van der Waals surface area contributed by atoms with E-state index in [1.54, 1.807) is 7.11 Å². The van der Waals surface area contributed by atoms with Gasteiger partial charge in [0.2, 0.25) is 0 Å². The quantitative estimate of drug-likeness (QED) is 0.727. The number of para-hydroxylation sites is 1. The van der Waals surface area contributed by atoms with Crippen molar-refractivity contribution in [1.82, 2.24) is 9.78 Å². The minimum absolute atomic E-state index is 0.807. The number of hydrogen-bond donors (Lipinski definition) is 0. The van der Waals surface area contributed by atoms with Crippen LogP contribution in [-0.4, -0.2) is 16.9 Å². The molecule has 0 N–H and O–H groups in total. The summed E-state index contributed by atoms with van der Waals surface area (Å²) in [5.41, 5.74) is 5.82. The van der Waals surface area contributed by atoms with E-state index in [-0.39, 0.29) is 0 Å². The van der Waals surface area contributed by atoms with Crippen LogP contribution < -0.4 is 4.74 Å². The zero-order valence-corrected chi connectivity index (χ0v) is 13.2. The Morgan fingerprint density at radius 2 is 1.73 bits per heavy atom. The van der Waals surface area contributed by atoms with Gasteiger partial charge in [0, 0.05) is 30.8 Å². The van der Waals surface area contributed by atoms with Crippen LogP contribution >= 0.6 is 0 Å². The van der Waals surface area contributed by atoms with Gasteiger partial charge >= 0.3 is 0 Å². The summed E-state index contributed by atoms with van der Waals surface area (Å²) in [5.74, 6) is 0.918. The zero-order valence-electron chi connectivity index (χ0n) is 13.2. The summed E-state index contributed by atoms with van der Waals surface area (Å²) in [6, 6.07) is 16.6. The number of hydrogen-bond acceptors (Lipinski definition) is 2.